The Morgan fingerprint density at radius 2 is 1.93 bits per heavy atom. The third-order valence-corrected chi connectivity index (χ3v) is 5.28. The van der Waals surface area contributed by atoms with Crippen molar-refractivity contribution in [2.75, 3.05) is 13.2 Å². The number of benzene rings is 2. The molecule has 1 fully saturated rings. The Hall–Kier alpha value is -2.08. The third kappa shape index (κ3) is 4.92. The number of rotatable bonds is 7. The Balaban J connectivity index is 0.00000240. The smallest absolute Gasteiger partial charge is 0.139 e. The third-order valence-electron chi connectivity index (χ3n) is 5.28. The van der Waals surface area contributed by atoms with E-state index in [0.29, 0.717) is 12.5 Å². The van der Waals surface area contributed by atoms with Gasteiger partial charge in [-0.25, -0.2) is 4.98 Å². The molecule has 4 rings (SSSR count). The first-order valence-corrected chi connectivity index (χ1v) is 10.1. The molecule has 2 heterocycles. The summed E-state index contributed by atoms with van der Waals surface area (Å²) in [7, 11) is 0. The van der Waals surface area contributed by atoms with E-state index in [-0.39, 0.29) is 25.1 Å². The van der Waals surface area contributed by atoms with Gasteiger partial charge >= 0.3 is 0 Å². The molecule has 1 aromatic heterocycles. The fourth-order valence-corrected chi connectivity index (χ4v) is 3.72. The summed E-state index contributed by atoms with van der Waals surface area (Å²) in [5.41, 5.74) is 3.23. The maximum atomic E-state index is 10.6. The van der Waals surface area contributed by atoms with Gasteiger partial charge in [-0.3, -0.25) is 0 Å². The topological polar surface area (TPSA) is 56.5 Å². The normalized spacial score (nSPS) is 17.4. The van der Waals surface area contributed by atoms with Crippen molar-refractivity contribution in [2.24, 2.45) is 0 Å². The van der Waals surface area contributed by atoms with E-state index in [4.69, 9.17) is 14.5 Å². The Morgan fingerprint density at radius 3 is 2.62 bits per heavy atom. The number of aliphatic hydroxyl groups is 1. The van der Waals surface area contributed by atoms with Gasteiger partial charge in [-0.05, 0) is 48.6 Å². The summed E-state index contributed by atoms with van der Waals surface area (Å²) in [5.74, 6) is 2.17. The molecule has 0 amide bonds. The summed E-state index contributed by atoms with van der Waals surface area (Å²) >= 11 is 0. The SMILES string of the molecule is CC(C)c1ccc(OCC(O)Cn2c(C3CCCO3)nc3ccccc32)cc1.Cl. The van der Waals surface area contributed by atoms with E-state index in [1.165, 1.54) is 5.56 Å². The molecule has 1 saturated heterocycles. The van der Waals surface area contributed by atoms with Crippen LogP contribution in [0, 0.1) is 0 Å². The van der Waals surface area contributed by atoms with Crippen LogP contribution in [0.2, 0.25) is 0 Å². The molecule has 3 aromatic rings. The zero-order valence-electron chi connectivity index (χ0n) is 17.0. The molecule has 1 N–H and O–H groups in total. The molecule has 0 radical (unpaired) electrons. The molecule has 0 bridgehead atoms. The van der Waals surface area contributed by atoms with Crippen molar-refractivity contribution >= 4 is 23.4 Å². The molecule has 0 aliphatic carbocycles. The Bertz CT molecular complexity index is 918. The van der Waals surface area contributed by atoms with Gasteiger partial charge in [0.25, 0.3) is 0 Å². The average Bonchev–Trinajstić information content (AvgIpc) is 3.35. The van der Waals surface area contributed by atoms with Gasteiger partial charge in [0.15, 0.2) is 0 Å². The lowest BCUT2D eigenvalue weighted by molar-refractivity contribution is 0.0806. The first-order valence-electron chi connectivity index (χ1n) is 10.1. The maximum absolute atomic E-state index is 10.6. The fourth-order valence-electron chi connectivity index (χ4n) is 3.72. The Morgan fingerprint density at radius 1 is 1.17 bits per heavy atom. The van der Waals surface area contributed by atoms with E-state index in [1.807, 2.05) is 36.4 Å². The number of imidazole rings is 1. The van der Waals surface area contributed by atoms with Gasteiger partial charge in [0.1, 0.15) is 30.4 Å². The number of hydrogen-bond donors (Lipinski definition) is 1. The number of fused-ring (bicyclic) bond motifs is 1. The van der Waals surface area contributed by atoms with Crippen molar-refractivity contribution in [3.8, 4) is 5.75 Å². The van der Waals surface area contributed by atoms with Crippen molar-refractivity contribution in [1.29, 1.82) is 0 Å². The zero-order chi connectivity index (χ0) is 19.5. The largest absolute Gasteiger partial charge is 0.491 e. The number of ether oxygens (including phenoxy) is 2. The summed E-state index contributed by atoms with van der Waals surface area (Å²) in [4.78, 5) is 4.78. The first-order chi connectivity index (χ1) is 13.6. The minimum Gasteiger partial charge on any atom is -0.491 e. The second-order valence-corrected chi connectivity index (χ2v) is 7.76. The zero-order valence-corrected chi connectivity index (χ0v) is 17.8. The monoisotopic (exact) mass is 416 g/mol. The lowest BCUT2D eigenvalue weighted by atomic mass is 10.0. The number of nitrogens with zero attached hydrogens (tertiary/aromatic N) is 2. The van der Waals surface area contributed by atoms with E-state index in [9.17, 15) is 5.11 Å². The van der Waals surface area contributed by atoms with E-state index in [1.54, 1.807) is 0 Å². The van der Waals surface area contributed by atoms with Crippen LogP contribution in [0.5, 0.6) is 5.75 Å². The van der Waals surface area contributed by atoms with Crippen LogP contribution in [-0.4, -0.2) is 34.0 Å². The Kier molecular flexibility index (Phi) is 7.17. The number of aromatic nitrogens is 2. The summed E-state index contributed by atoms with van der Waals surface area (Å²) in [5, 5.41) is 10.6. The van der Waals surface area contributed by atoms with Crippen molar-refractivity contribution in [2.45, 2.75) is 51.4 Å². The molecule has 0 saturated carbocycles. The number of halogens is 1. The summed E-state index contributed by atoms with van der Waals surface area (Å²) < 4.78 is 13.8. The minimum atomic E-state index is -0.637. The van der Waals surface area contributed by atoms with Crippen molar-refractivity contribution in [3.63, 3.8) is 0 Å². The average molecular weight is 417 g/mol. The molecule has 5 nitrogen and oxygen atoms in total. The number of aliphatic hydroxyl groups excluding tert-OH is 1. The van der Waals surface area contributed by atoms with Gasteiger partial charge in [0.2, 0.25) is 0 Å². The van der Waals surface area contributed by atoms with E-state index < -0.39 is 6.10 Å². The van der Waals surface area contributed by atoms with Crippen LogP contribution in [0.15, 0.2) is 48.5 Å². The first kappa shape index (κ1) is 21.6. The van der Waals surface area contributed by atoms with Crippen LogP contribution < -0.4 is 4.74 Å². The van der Waals surface area contributed by atoms with E-state index in [2.05, 4.69) is 30.5 Å². The quantitative estimate of drug-likeness (QED) is 0.596. The highest BCUT2D eigenvalue weighted by Gasteiger charge is 2.25. The van der Waals surface area contributed by atoms with Gasteiger partial charge in [-0.15, -0.1) is 12.4 Å². The summed E-state index contributed by atoms with van der Waals surface area (Å²) in [6.45, 7) is 5.77. The van der Waals surface area contributed by atoms with Gasteiger partial charge in [0, 0.05) is 6.61 Å². The van der Waals surface area contributed by atoms with E-state index >= 15 is 0 Å². The van der Waals surface area contributed by atoms with Crippen molar-refractivity contribution in [1.82, 2.24) is 9.55 Å². The van der Waals surface area contributed by atoms with E-state index in [0.717, 1.165) is 42.1 Å². The van der Waals surface area contributed by atoms with Crippen molar-refractivity contribution in [3.05, 3.63) is 59.9 Å². The molecule has 1 aliphatic heterocycles. The summed E-state index contributed by atoms with van der Waals surface area (Å²) in [6.07, 6.45) is 1.39. The highest BCUT2D eigenvalue weighted by Crippen LogP contribution is 2.30. The summed E-state index contributed by atoms with van der Waals surface area (Å²) in [6, 6.07) is 16.1. The molecule has 1 aliphatic rings. The predicted octanol–water partition coefficient (Wildman–Crippen LogP) is 4.87. The van der Waals surface area contributed by atoms with Crippen molar-refractivity contribution < 1.29 is 14.6 Å². The van der Waals surface area contributed by atoms with Gasteiger partial charge in [-0.2, -0.15) is 0 Å². The lowest BCUT2D eigenvalue weighted by Gasteiger charge is -2.18. The molecule has 156 valence electrons. The van der Waals surface area contributed by atoms with Gasteiger partial charge in [0.05, 0.1) is 17.6 Å². The molecule has 6 heteroatoms. The lowest BCUT2D eigenvalue weighted by Crippen LogP contribution is -2.25. The van der Waals surface area contributed by atoms with Gasteiger partial charge < -0.3 is 19.1 Å². The highest BCUT2D eigenvalue weighted by molar-refractivity contribution is 5.85. The van der Waals surface area contributed by atoms with Crippen LogP contribution in [-0.2, 0) is 11.3 Å². The molecular formula is C23H29ClN2O3. The molecule has 0 spiro atoms. The van der Waals surface area contributed by atoms with Crippen LogP contribution in [0.1, 0.15) is 50.1 Å². The molecular weight excluding hydrogens is 388 g/mol. The number of para-hydroxylation sites is 2. The molecule has 2 atom stereocenters. The van der Waals surface area contributed by atoms with Crippen LogP contribution in [0.3, 0.4) is 0 Å². The standard InChI is InChI=1S/C23H28N2O3.ClH/c1-16(2)17-9-11-19(12-10-17)28-15-18(26)14-25-21-7-4-3-6-20(21)24-23(25)22-8-5-13-27-22;/h3-4,6-7,9-12,16,18,22,26H,5,8,13-15H2,1-2H3;1H. The molecule has 29 heavy (non-hydrogen) atoms. The molecule has 2 aromatic carbocycles. The van der Waals surface area contributed by atoms with Crippen LogP contribution in [0.4, 0.5) is 0 Å². The molecule has 2 unspecified atom stereocenters. The predicted molar refractivity (Wildman–Crippen MR) is 117 cm³/mol. The second-order valence-electron chi connectivity index (χ2n) is 7.76. The second kappa shape index (κ2) is 9.61. The fraction of sp³-hybridized carbons (Fsp3) is 0.435. The minimum absolute atomic E-state index is 0. The van der Waals surface area contributed by atoms with Crippen LogP contribution >= 0.6 is 12.4 Å². The number of hydrogen-bond acceptors (Lipinski definition) is 4. The van der Waals surface area contributed by atoms with Crippen LogP contribution in [0.25, 0.3) is 11.0 Å². The Labute approximate surface area is 178 Å². The maximum Gasteiger partial charge on any atom is 0.139 e. The van der Waals surface area contributed by atoms with Gasteiger partial charge in [-0.1, -0.05) is 38.1 Å². The highest BCUT2D eigenvalue weighted by atomic mass is 35.5.